The number of halogens is 1. The highest BCUT2D eigenvalue weighted by Gasteiger charge is 2.29. The molecule has 0 saturated heterocycles. The molecule has 5 aromatic rings. The van der Waals surface area contributed by atoms with Crippen molar-refractivity contribution < 1.29 is 31.8 Å². The van der Waals surface area contributed by atoms with Crippen molar-refractivity contribution in [3.8, 4) is 5.75 Å². The molecule has 0 atom stereocenters. The first kappa shape index (κ1) is 27.3. The zero-order chi connectivity index (χ0) is 28.4. The van der Waals surface area contributed by atoms with Crippen LogP contribution in [0.3, 0.4) is 0 Å². The quantitative estimate of drug-likeness (QED) is 0.210. The summed E-state index contributed by atoms with van der Waals surface area (Å²) in [6, 6.07) is 17.5. The van der Waals surface area contributed by atoms with Gasteiger partial charge < -0.3 is 14.2 Å². The van der Waals surface area contributed by atoms with Crippen LogP contribution in [0.4, 0.5) is 4.39 Å². The van der Waals surface area contributed by atoms with Crippen LogP contribution in [0.2, 0.25) is 0 Å². The molecule has 8 nitrogen and oxygen atoms in total. The maximum Gasteiger partial charge on any atom is 0.357 e. The number of hydrogen-bond acceptors (Lipinski definition) is 7. The van der Waals surface area contributed by atoms with Crippen molar-refractivity contribution in [1.29, 1.82) is 0 Å². The summed E-state index contributed by atoms with van der Waals surface area (Å²) in [6.45, 7) is 3.77. The Balaban J connectivity index is 1.82. The Morgan fingerprint density at radius 3 is 2.35 bits per heavy atom. The van der Waals surface area contributed by atoms with Crippen molar-refractivity contribution >= 4 is 37.8 Å². The van der Waals surface area contributed by atoms with Crippen molar-refractivity contribution in [3.05, 3.63) is 101 Å². The van der Waals surface area contributed by atoms with Crippen LogP contribution in [-0.4, -0.2) is 37.1 Å². The number of carbonyl (C=O) groups excluding carboxylic acids is 1. The molecule has 0 bridgehead atoms. The van der Waals surface area contributed by atoms with E-state index in [1.807, 2.05) is 6.92 Å². The summed E-state index contributed by atoms with van der Waals surface area (Å²) in [6.07, 6.45) is 1.36. The van der Waals surface area contributed by atoms with E-state index < -0.39 is 16.0 Å². The van der Waals surface area contributed by atoms with Crippen LogP contribution in [0.15, 0.2) is 77.8 Å². The van der Waals surface area contributed by atoms with Gasteiger partial charge in [-0.15, -0.1) is 0 Å². The van der Waals surface area contributed by atoms with Crippen LogP contribution in [-0.2, 0) is 32.7 Å². The Morgan fingerprint density at radius 1 is 0.950 bits per heavy atom. The van der Waals surface area contributed by atoms with Gasteiger partial charge in [0.1, 0.15) is 18.2 Å². The van der Waals surface area contributed by atoms with E-state index in [9.17, 15) is 17.6 Å². The average Bonchev–Trinajstić information content (AvgIpc) is 3.29. The van der Waals surface area contributed by atoms with Crippen molar-refractivity contribution in [1.82, 2.24) is 8.96 Å². The first-order chi connectivity index (χ1) is 19.3. The average molecular weight is 563 g/mol. The van der Waals surface area contributed by atoms with Crippen LogP contribution in [0, 0.1) is 12.7 Å². The Bertz CT molecular complexity index is 1810. The summed E-state index contributed by atoms with van der Waals surface area (Å²) in [4.78, 5) is 17.3. The topological polar surface area (TPSA) is 96.7 Å². The van der Waals surface area contributed by atoms with E-state index in [0.29, 0.717) is 27.6 Å². The Morgan fingerprint density at radius 2 is 1.68 bits per heavy atom. The number of aromatic nitrogens is 2. The number of aryl methyl sites for hydroxylation is 1. The third-order valence-electron chi connectivity index (χ3n) is 6.48. The molecule has 0 amide bonds. The molecule has 0 aliphatic rings. The van der Waals surface area contributed by atoms with E-state index >= 15 is 0 Å². The van der Waals surface area contributed by atoms with E-state index in [-0.39, 0.29) is 41.7 Å². The van der Waals surface area contributed by atoms with Gasteiger partial charge in [0.25, 0.3) is 10.0 Å². The summed E-state index contributed by atoms with van der Waals surface area (Å²) in [7, 11) is -2.63. The first-order valence-corrected chi connectivity index (χ1v) is 14.0. The molecule has 2 heterocycles. The third kappa shape index (κ3) is 4.91. The number of methoxy groups -OCH3 is 1. The summed E-state index contributed by atoms with van der Waals surface area (Å²) in [5.41, 5.74) is 2.64. The molecule has 40 heavy (non-hydrogen) atoms. The van der Waals surface area contributed by atoms with Gasteiger partial charge in [0, 0.05) is 18.1 Å². The Kier molecular flexibility index (Phi) is 7.55. The van der Waals surface area contributed by atoms with Crippen molar-refractivity contribution in [2.75, 3.05) is 13.7 Å². The first-order valence-electron chi connectivity index (χ1n) is 12.6. The number of pyridine rings is 1. The fraction of sp³-hybridized carbons (Fsp3) is 0.200. The van der Waals surface area contributed by atoms with Gasteiger partial charge in [-0.3, -0.25) is 0 Å². The van der Waals surface area contributed by atoms with E-state index in [4.69, 9.17) is 14.2 Å². The van der Waals surface area contributed by atoms with Crippen LogP contribution in [0.25, 0.3) is 21.8 Å². The van der Waals surface area contributed by atoms with Gasteiger partial charge in [0.2, 0.25) is 0 Å². The summed E-state index contributed by atoms with van der Waals surface area (Å²) in [5, 5.41) is 0.913. The minimum atomic E-state index is -4.11. The molecule has 0 aliphatic carbocycles. The normalized spacial score (nSPS) is 11.7. The lowest BCUT2D eigenvalue weighted by Gasteiger charge is -2.12. The minimum Gasteiger partial charge on any atom is -0.488 e. The molecular weight excluding hydrogens is 535 g/mol. The number of fused-ring (bicyclic) bond motifs is 3. The fourth-order valence-electron chi connectivity index (χ4n) is 4.64. The van der Waals surface area contributed by atoms with Gasteiger partial charge in [0.05, 0.1) is 40.7 Å². The van der Waals surface area contributed by atoms with Gasteiger partial charge >= 0.3 is 5.97 Å². The zero-order valence-electron chi connectivity index (χ0n) is 22.2. The Hall–Kier alpha value is -4.28. The lowest BCUT2D eigenvalue weighted by atomic mass is 10.0. The van der Waals surface area contributed by atoms with Gasteiger partial charge in [-0.25, -0.2) is 26.6 Å². The number of hydrogen-bond donors (Lipinski definition) is 0. The van der Waals surface area contributed by atoms with Crippen LogP contribution < -0.4 is 4.74 Å². The summed E-state index contributed by atoms with van der Waals surface area (Å²) >= 11 is 0. The SMILES string of the molecule is CCOC(=O)c1ncc2c(c1COC)c1c(OCc3ccc(F)cc3)cccc1n2S(=O)(=O)c1ccc(C)cc1. The van der Waals surface area contributed by atoms with Gasteiger partial charge in [-0.05, 0) is 55.8 Å². The second-order valence-corrected chi connectivity index (χ2v) is 10.9. The second-order valence-electron chi connectivity index (χ2n) is 9.15. The highest BCUT2D eigenvalue weighted by atomic mass is 32.2. The fourth-order valence-corrected chi connectivity index (χ4v) is 6.14. The van der Waals surface area contributed by atoms with Crippen molar-refractivity contribution in [2.24, 2.45) is 0 Å². The Labute approximate surface area is 231 Å². The second kappa shape index (κ2) is 11.1. The van der Waals surface area contributed by atoms with E-state index in [0.717, 1.165) is 11.1 Å². The van der Waals surface area contributed by atoms with Gasteiger partial charge in [-0.2, -0.15) is 0 Å². The standard InChI is InChI=1S/C30H27FN2O6S/c1-4-38-30(34)29-23(18-37-3)27-25(16-32-29)33(40(35,36)22-14-8-19(2)9-15-22)24-6-5-7-26(28(24)27)39-17-20-10-12-21(31)13-11-20/h5-16H,4,17-18H2,1-3H3. The largest absolute Gasteiger partial charge is 0.488 e. The molecule has 0 radical (unpaired) electrons. The van der Waals surface area contributed by atoms with Crippen LogP contribution in [0.5, 0.6) is 5.75 Å². The lowest BCUT2D eigenvalue weighted by Crippen LogP contribution is -2.14. The molecule has 0 unspecified atom stereocenters. The van der Waals surface area contributed by atoms with E-state index in [1.165, 1.54) is 29.4 Å². The molecule has 0 spiro atoms. The summed E-state index contributed by atoms with van der Waals surface area (Å²) in [5.74, 6) is -0.634. The molecule has 5 rings (SSSR count). The highest BCUT2D eigenvalue weighted by molar-refractivity contribution is 7.90. The molecule has 206 valence electrons. The zero-order valence-corrected chi connectivity index (χ0v) is 23.0. The highest BCUT2D eigenvalue weighted by Crippen LogP contribution is 2.40. The molecule has 10 heteroatoms. The van der Waals surface area contributed by atoms with Crippen LogP contribution in [0.1, 0.15) is 34.1 Å². The maximum absolute atomic E-state index is 14.1. The number of esters is 1. The van der Waals surface area contributed by atoms with Crippen molar-refractivity contribution in [2.45, 2.75) is 32.0 Å². The molecule has 3 aromatic carbocycles. The molecule has 2 aromatic heterocycles. The number of rotatable bonds is 9. The number of benzene rings is 3. The molecule has 0 N–H and O–H groups in total. The third-order valence-corrected chi connectivity index (χ3v) is 8.22. The summed E-state index contributed by atoms with van der Waals surface area (Å²) < 4.78 is 59.7. The monoisotopic (exact) mass is 562 g/mol. The predicted octanol–water partition coefficient (Wildman–Crippen LogP) is 5.78. The van der Waals surface area contributed by atoms with Crippen molar-refractivity contribution in [3.63, 3.8) is 0 Å². The van der Waals surface area contributed by atoms with Gasteiger partial charge in [-0.1, -0.05) is 35.9 Å². The van der Waals surface area contributed by atoms with E-state index in [1.54, 1.807) is 61.5 Å². The van der Waals surface area contributed by atoms with Gasteiger partial charge in [0.15, 0.2) is 5.69 Å². The lowest BCUT2D eigenvalue weighted by molar-refractivity contribution is 0.0514. The predicted molar refractivity (Wildman–Crippen MR) is 148 cm³/mol. The molecule has 0 saturated carbocycles. The van der Waals surface area contributed by atoms with Crippen LogP contribution >= 0.6 is 0 Å². The number of carbonyl (C=O) groups is 1. The van der Waals surface area contributed by atoms with E-state index in [2.05, 4.69) is 4.98 Å². The molecule has 0 fully saturated rings. The number of ether oxygens (including phenoxy) is 3. The smallest absolute Gasteiger partial charge is 0.357 e. The molecule has 0 aliphatic heterocycles. The minimum absolute atomic E-state index is 0.0244. The maximum atomic E-state index is 14.1. The number of nitrogens with zero attached hydrogens (tertiary/aromatic N) is 2. The molecular formula is C30H27FN2O6S.